The van der Waals surface area contributed by atoms with E-state index in [0.29, 0.717) is 5.17 Å². The van der Waals surface area contributed by atoms with E-state index >= 15 is 0 Å². The van der Waals surface area contributed by atoms with Crippen LogP contribution in [0.25, 0.3) is 0 Å². The number of nitrogens with zero attached hydrogens (tertiary/aromatic N) is 3. The van der Waals surface area contributed by atoms with E-state index in [1.165, 1.54) is 11.8 Å². The number of fused-ring (bicyclic) bond motifs is 1. The van der Waals surface area contributed by atoms with Crippen LogP contribution in [0.5, 0.6) is 5.75 Å². The molecule has 2 aliphatic heterocycles. The van der Waals surface area contributed by atoms with Crippen molar-refractivity contribution in [1.82, 2.24) is 0 Å². The van der Waals surface area contributed by atoms with Crippen molar-refractivity contribution in [3.63, 3.8) is 0 Å². The molecule has 2 aromatic carbocycles. The van der Waals surface area contributed by atoms with Crippen molar-refractivity contribution >= 4 is 44.0 Å². The number of hydrogen-bond acceptors (Lipinski definition) is 6. The summed E-state index contributed by atoms with van der Waals surface area (Å²) in [6.07, 6.45) is 0.176. The van der Waals surface area contributed by atoms with Gasteiger partial charge in [-0.25, -0.2) is 8.42 Å². The summed E-state index contributed by atoms with van der Waals surface area (Å²) in [6, 6.07) is 13.3. The van der Waals surface area contributed by atoms with E-state index < -0.39 is 9.84 Å². The van der Waals surface area contributed by atoms with Gasteiger partial charge in [-0.2, -0.15) is 4.99 Å². The molecule has 2 aromatic rings. The normalized spacial score (nSPS) is 22.1. The van der Waals surface area contributed by atoms with E-state index in [0.717, 1.165) is 41.3 Å². The highest BCUT2D eigenvalue weighted by molar-refractivity contribution is 8.16. The van der Waals surface area contributed by atoms with Crippen LogP contribution in [0.1, 0.15) is 25.0 Å². The zero-order chi connectivity index (χ0) is 24.5. The summed E-state index contributed by atoms with van der Waals surface area (Å²) >= 11 is 1.41. The summed E-state index contributed by atoms with van der Waals surface area (Å²) in [4.78, 5) is 21.6. The van der Waals surface area contributed by atoms with Gasteiger partial charge in [0.25, 0.3) is 5.91 Å². The highest BCUT2D eigenvalue weighted by Crippen LogP contribution is 2.42. The van der Waals surface area contributed by atoms with Crippen LogP contribution in [0.4, 0.5) is 11.4 Å². The lowest BCUT2D eigenvalue weighted by Gasteiger charge is -2.28. The predicted octanol–water partition coefficient (Wildman–Crippen LogP) is 3.69. The largest absolute Gasteiger partial charge is 0.497 e. The Labute approximate surface area is 206 Å². The van der Waals surface area contributed by atoms with Crippen LogP contribution < -0.4 is 14.5 Å². The summed E-state index contributed by atoms with van der Waals surface area (Å²) in [7, 11) is -1.52. The van der Waals surface area contributed by atoms with Gasteiger partial charge in [-0.3, -0.25) is 4.79 Å². The number of ether oxygens (including phenoxy) is 1. The molecular weight excluding hydrogens is 470 g/mol. The number of rotatable bonds is 7. The number of amides is 1. The molecule has 2 atom stereocenters. The van der Waals surface area contributed by atoms with Gasteiger partial charge in [-0.05, 0) is 62.2 Å². The highest BCUT2D eigenvalue weighted by Gasteiger charge is 2.49. The lowest BCUT2D eigenvalue weighted by Crippen LogP contribution is -2.38. The maximum atomic E-state index is 12.9. The minimum Gasteiger partial charge on any atom is -0.497 e. The van der Waals surface area contributed by atoms with Crippen molar-refractivity contribution in [3.8, 4) is 5.75 Å². The van der Waals surface area contributed by atoms with Gasteiger partial charge in [0.2, 0.25) is 0 Å². The van der Waals surface area contributed by atoms with Gasteiger partial charge in [0.05, 0.1) is 31.1 Å². The number of carbonyl (C=O) groups excluding carboxylic acids is 1. The summed E-state index contributed by atoms with van der Waals surface area (Å²) in [5.41, 5.74) is 3.92. The van der Waals surface area contributed by atoms with Crippen molar-refractivity contribution in [3.05, 3.63) is 53.6 Å². The molecule has 0 bridgehead atoms. The van der Waals surface area contributed by atoms with Gasteiger partial charge in [0.15, 0.2) is 15.0 Å². The molecule has 34 heavy (non-hydrogen) atoms. The molecule has 0 aliphatic carbocycles. The minimum atomic E-state index is -3.12. The first-order valence-electron chi connectivity index (χ1n) is 11.5. The lowest BCUT2D eigenvalue weighted by atomic mass is 10.1. The number of anilines is 2. The summed E-state index contributed by atoms with van der Waals surface area (Å²) in [5.74, 6) is 0.671. The van der Waals surface area contributed by atoms with Crippen LogP contribution in [-0.4, -0.2) is 62.5 Å². The van der Waals surface area contributed by atoms with E-state index in [1.807, 2.05) is 42.2 Å². The molecule has 0 aromatic heterocycles. The molecule has 0 saturated carbocycles. The molecule has 4 rings (SSSR count). The number of aryl methyl sites for hydroxylation is 1. The zero-order valence-corrected chi connectivity index (χ0v) is 21.7. The fourth-order valence-corrected chi connectivity index (χ4v) is 8.53. The van der Waals surface area contributed by atoms with Gasteiger partial charge in [-0.1, -0.05) is 23.9 Å². The smallest absolute Gasteiger partial charge is 0.252 e. The first kappa shape index (κ1) is 24.6. The Balaban J connectivity index is 1.64. The maximum absolute atomic E-state index is 12.9. The number of sulfone groups is 1. The number of amidine groups is 1. The summed E-state index contributed by atoms with van der Waals surface area (Å²) in [5, 5.41) is 0.460. The van der Waals surface area contributed by atoms with Crippen LogP contribution in [-0.2, 0) is 21.1 Å². The average molecular weight is 502 g/mol. The van der Waals surface area contributed by atoms with Gasteiger partial charge in [0.1, 0.15) is 5.75 Å². The molecule has 0 spiro atoms. The van der Waals surface area contributed by atoms with E-state index in [-0.39, 0.29) is 35.1 Å². The zero-order valence-electron chi connectivity index (χ0n) is 20.0. The molecule has 2 saturated heterocycles. The lowest BCUT2D eigenvalue weighted by molar-refractivity contribution is -0.117. The number of carbonyl (C=O) groups is 1. The van der Waals surface area contributed by atoms with Gasteiger partial charge < -0.3 is 14.5 Å². The summed E-state index contributed by atoms with van der Waals surface area (Å²) < 4.78 is 29.9. The third kappa shape index (κ3) is 5.10. The molecule has 0 unspecified atom stereocenters. The third-order valence-electron chi connectivity index (χ3n) is 6.37. The quantitative estimate of drug-likeness (QED) is 0.572. The molecule has 0 N–H and O–H groups in total. The van der Waals surface area contributed by atoms with Crippen molar-refractivity contribution in [2.24, 2.45) is 4.99 Å². The van der Waals surface area contributed by atoms with E-state index in [1.54, 1.807) is 7.11 Å². The maximum Gasteiger partial charge on any atom is 0.252 e. The molecule has 1 amide bonds. The van der Waals surface area contributed by atoms with Crippen molar-refractivity contribution < 1.29 is 17.9 Å². The molecular formula is C25H31N3O4S2. The molecule has 2 aliphatic rings. The van der Waals surface area contributed by atoms with E-state index in [4.69, 9.17) is 4.74 Å². The van der Waals surface area contributed by atoms with Gasteiger partial charge in [-0.15, -0.1) is 0 Å². The van der Waals surface area contributed by atoms with Crippen molar-refractivity contribution in [2.45, 2.75) is 38.5 Å². The number of aliphatic imine (C=N–C) groups is 1. The SMILES string of the molecule is CCN(CC)c1ccc(N2C(=NC(=O)Cc3ccc(OC)cc3)S[C@@H]3CS(=O)(=O)C[C@H]32)c(C)c1. The molecule has 182 valence electrons. The standard InChI is InChI=1S/C25H31N3O4S2/c1-5-27(6-2)19-9-12-21(17(3)13-19)28-22-15-34(30,31)16-23(22)33-25(28)26-24(29)14-18-7-10-20(32-4)11-8-18/h7-13,22-23H,5-6,14-16H2,1-4H3/t22-,23-/m1/s1. The van der Waals surface area contributed by atoms with Gasteiger partial charge >= 0.3 is 0 Å². The Morgan fingerprint density at radius 1 is 1.15 bits per heavy atom. The predicted molar refractivity (Wildman–Crippen MR) is 140 cm³/mol. The Kier molecular flexibility index (Phi) is 7.23. The number of thioether (sulfide) groups is 1. The second kappa shape index (κ2) is 10.00. The molecule has 9 heteroatoms. The van der Waals surface area contributed by atoms with Crippen LogP contribution in [0, 0.1) is 6.92 Å². The first-order chi connectivity index (χ1) is 16.2. The summed E-state index contributed by atoms with van der Waals surface area (Å²) in [6.45, 7) is 8.09. The number of methoxy groups -OCH3 is 1. The number of benzene rings is 2. The topological polar surface area (TPSA) is 79.3 Å². The fourth-order valence-electron chi connectivity index (χ4n) is 4.61. The molecule has 0 radical (unpaired) electrons. The third-order valence-corrected chi connectivity index (χ3v) is 9.58. The first-order valence-corrected chi connectivity index (χ1v) is 14.2. The monoisotopic (exact) mass is 501 g/mol. The number of hydrogen-bond donors (Lipinski definition) is 0. The van der Waals surface area contributed by atoms with E-state index in [9.17, 15) is 13.2 Å². The Hall–Kier alpha value is -2.52. The van der Waals surface area contributed by atoms with Crippen molar-refractivity contribution in [1.29, 1.82) is 0 Å². The van der Waals surface area contributed by atoms with Crippen molar-refractivity contribution in [2.75, 3.05) is 41.5 Å². The van der Waals surface area contributed by atoms with Crippen LogP contribution in [0.3, 0.4) is 0 Å². The average Bonchev–Trinajstić information content (AvgIpc) is 3.26. The van der Waals surface area contributed by atoms with Crippen LogP contribution >= 0.6 is 11.8 Å². The molecule has 7 nitrogen and oxygen atoms in total. The molecule has 2 fully saturated rings. The Bertz CT molecular complexity index is 1190. The van der Waals surface area contributed by atoms with Crippen LogP contribution in [0.15, 0.2) is 47.5 Å². The fraction of sp³-hybridized carbons (Fsp3) is 0.440. The Morgan fingerprint density at radius 2 is 1.85 bits per heavy atom. The second-order valence-corrected chi connectivity index (χ2v) is 12.0. The minimum absolute atomic E-state index is 0.0770. The molecule has 2 heterocycles. The van der Waals surface area contributed by atoms with E-state index in [2.05, 4.69) is 35.9 Å². The van der Waals surface area contributed by atoms with Crippen LogP contribution in [0.2, 0.25) is 0 Å². The second-order valence-electron chi connectivity index (χ2n) is 8.63. The highest BCUT2D eigenvalue weighted by atomic mass is 32.2. The Morgan fingerprint density at radius 3 is 2.47 bits per heavy atom. The van der Waals surface area contributed by atoms with Gasteiger partial charge in [0, 0.05) is 29.7 Å².